The van der Waals surface area contributed by atoms with Crippen LogP contribution in [0.3, 0.4) is 0 Å². The van der Waals surface area contributed by atoms with Gasteiger partial charge in [-0.3, -0.25) is 4.79 Å². The lowest BCUT2D eigenvalue weighted by Crippen LogP contribution is -2.32. The number of hydrogen-bond donors (Lipinski definition) is 1. The van der Waals surface area contributed by atoms with Gasteiger partial charge in [-0.05, 0) is 68.3 Å². The quantitative estimate of drug-likeness (QED) is 0.756. The summed E-state index contributed by atoms with van der Waals surface area (Å²) in [6.07, 6.45) is -0.270. The van der Waals surface area contributed by atoms with Gasteiger partial charge >= 0.3 is 5.97 Å². The highest BCUT2D eigenvalue weighted by Gasteiger charge is 2.19. The third kappa shape index (κ3) is 5.05. The van der Waals surface area contributed by atoms with Gasteiger partial charge in [0.25, 0.3) is 5.91 Å². The number of esters is 1. The second-order valence-electron chi connectivity index (χ2n) is 5.71. The Morgan fingerprint density at radius 2 is 1.81 bits per heavy atom. The zero-order valence-electron chi connectivity index (χ0n) is 15.0. The van der Waals surface area contributed by atoms with Crippen LogP contribution < -0.4 is 10.1 Å². The first-order valence-corrected chi connectivity index (χ1v) is 8.45. The normalized spacial score (nSPS) is 11.5. The van der Waals surface area contributed by atoms with E-state index >= 15 is 0 Å². The largest absolute Gasteiger partial charge is 0.481 e. The van der Waals surface area contributed by atoms with Crippen molar-refractivity contribution in [3.63, 3.8) is 0 Å². The molecule has 0 aliphatic rings. The lowest BCUT2D eigenvalue weighted by molar-refractivity contribution is -0.122. The number of carbonyl (C=O) groups is 2. The summed E-state index contributed by atoms with van der Waals surface area (Å²) in [5.74, 6) is -0.668. The zero-order valence-corrected chi connectivity index (χ0v) is 15.0. The molecule has 2 rings (SSSR count). The SMILES string of the molecule is CCOC(=O)c1ccc(NC(=O)[C@H](CC)Oc2ccc(F)cc2)c(C)c1. The van der Waals surface area contributed by atoms with Gasteiger partial charge in [-0.15, -0.1) is 0 Å². The molecule has 0 aliphatic heterocycles. The van der Waals surface area contributed by atoms with E-state index in [0.717, 1.165) is 5.56 Å². The van der Waals surface area contributed by atoms with Gasteiger partial charge < -0.3 is 14.8 Å². The Balaban J connectivity index is 2.07. The average molecular weight is 359 g/mol. The van der Waals surface area contributed by atoms with E-state index in [2.05, 4.69) is 5.32 Å². The van der Waals surface area contributed by atoms with Crippen molar-refractivity contribution >= 4 is 17.6 Å². The summed E-state index contributed by atoms with van der Waals surface area (Å²) in [5, 5.41) is 2.80. The molecule has 0 unspecified atom stereocenters. The van der Waals surface area contributed by atoms with Gasteiger partial charge in [-0.2, -0.15) is 0 Å². The van der Waals surface area contributed by atoms with Crippen molar-refractivity contribution in [3.05, 3.63) is 59.4 Å². The van der Waals surface area contributed by atoms with E-state index in [0.29, 0.717) is 30.0 Å². The summed E-state index contributed by atoms with van der Waals surface area (Å²) in [6, 6.07) is 10.4. The number of nitrogens with one attached hydrogen (secondary N) is 1. The van der Waals surface area contributed by atoms with Crippen LogP contribution in [-0.2, 0) is 9.53 Å². The first-order valence-electron chi connectivity index (χ1n) is 8.45. The first kappa shape index (κ1) is 19.4. The fraction of sp³-hybridized carbons (Fsp3) is 0.300. The number of anilines is 1. The van der Waals surface area contributed by atoms with Crippen molar-refractivity contribution in [2.45, 2.75) is 33.3 Å². The minimum absolute atomic E-state index is 0.301. The minimum Gasteiger partial charge on any atom is -0.481 e. The number of amides is 1. The van der Waals surface area contributed by atoms with Gasteiger partial charge in [-0.25, -0.2) is 9.18 Å². The molecule has 0 saturated heterocycles. The standard InChI is InChI=1S/C20H22FNO4/c1-4-18(26-16-9-7-15(21)8-10-16)19(23)22-17-11-6-14(12-13(17)3)20(24)25-5-2/h6-12,18H,4-5H2,1-3H3,(H,22,23)/t18-/m0/s1. The molecule has 0 aromatic heterocycles. The van der Waals surface area contributed by atoms with Gasteiger partial charge in [-0.1, -0.05) is 6.92 Å². The van der Waals surface area contributed by atoms with Crippen molar-refractivity contribution in [2.75, 3.05) is 11.9 Å². The lowest BCUT2D eigenvalue weighted by Gasteiger charge is -2.18. The molecule has 0 aliphatic carbocycles. The monoisotopic (exact) mass is 359 g/mol. The number of carbonyl (C=O) groups excluding carboxylic acids is 2. The van der Waals surface area contributed by atoms with Gasteiger partial charge in [0.1, 0.15) is 11.6 Å². The maximum absolute atomic E-state index is 13.0. The minimum atomic E-state index is -0.718. The molecule has 1 atom stereocenters. The molecule has 5 nitrogen and oxygen atoms in total. The van der Waals surface area contributed by atoms with Crippen molar-refractivity contribution in [2.24, 2.45) is 0 Å². The summed E-state index contributed by atoms with van der Waals surface area (Å²) >= 11 is 0. The van der Waals surface area contributed by atoms with E-state index in [-0.39, 0.29) is 11.7 Å². The molecule has 0 heterocycles. The Labute approximate surface area is 152 Å². The number of aryl methyl sites for hydroxylation is 1. The molecule has 2 aromatic carbocycles. The van der Waals surface area contributed by atoms with E-state index in [4.69, 9.17) is 9.47 Å². The van der Waals surface area contributed by atoms with Crippen molar-refractivity contribution in [1.82, 2.24) is 0 Å². The zero-order chi connectivity index (χ0) is 19.1. The topological polar surface area (TPSA) is 64.6 Å². The van der Waals surface area contributed by atoms with Crippen LogP contribution in [-0.4, -0.2) is 24.6 Å². The summed E-state index contributed by atoms with van der Waals surface area (Å²) < 4.78 is 23.6. The van der Waals surface area contributed by atoms with E-state index in [1.807, 2.05) is 6.92 Å². The first-order chi connectivity index (χ1) is 12.4. The van der Waals surface area contributed by atoms with Crippen LogP contribution >= 0.6 is 0 Å². The van der Waals surface area contributed by atoms with Crippen molar-refractivity contribution < 1.29 is 23.5 Å². The van der Waals surface area contributed by atoms with Crippen molar-refractivity contribution in [1.29, 1.82) is 0 Å². The maximum Gasteiger partial charge on any atom is 0.338 e. The number of benzene rings is 2. The van der Waals surface area contributed by atoms with Crippen LogP contribution in [0.25, 0.3) is 0 Å². The molecule has 0 saturated carbocycles. The molecule has 2 aromatic rings. The highest BCUT2D eigenvalue weighted by molar-refractivity contribution is 5.96. The molecule has 1 amide bonds. The highest BCUT2D eigenvalue weighted by atomic mass is 19.1. The number of hydrogen-bond acceptors (Lipinski definition) is 4. The van der Waals surface area contributed by atoms with Gasteiger partial charge in [0.05, 0.1) is 12.2 Å². The third-order valence-corrected chi connectivity index (χ3v) is 3.75. The molecule has 26 heavy (non-hydrogen) atoms. The number of rotatable bonds is 7. The van der Waals surface area contributed by atoms with Gasteiger partial charge in [0, 0.05) is 5.69 Å². The summed E-state index contributed by atoms with van der Waals surface area (Å²) in [7, 11) is 0. The Morgan fingerprint density at radius 3 is 2.38 bits per heavy atom. The molecule has 138 valence electrons. The molecular weight excluding hydrogens is 337 g/mol. The summed E-state index contributed by atoms with van der Waals surface area (Å²) in [6.45, 7) is 5.66. The molecular formula is C20H22FNO4. The predicted molar refractivity (Wildman–Crippen MR) is 96.9 cm³/mol. The van der Waals surface area contributed by atoms with Crippen LogP contribution in [0, 0.1) is 12.7 Å². The fourth-order valence-corrected chi connectivity index (χ4v) is 2.36. The highest BCUT2D eigenvalue weighted by Crippen LogP contribution is 2.19. The number of halogens is 1. The maximum atomic E-state index is 13.0. The molecule has 6 heteroatoms. The Morgan fingerprint density at radius 1 is 1.12 bits per heavy atom. The van der Waals surface area contributed by atoms with Crippen LogP contribution in [0.2, 0.25) is 0 Å². The second kappa shape index (κ2) is 8.99. The molecule has 0 spiro atoms. The third-order valence-electron chi connectivity index (χ3n) is 3.75. The predicted octanol–water partition coefficient (Wildman–Crippen LogP) is 4.11. The van der Waals surface area contributed by atoms with E-state index in [9.17, 15) is 14.0 Å². The molecule has 0 bridgehead atoms. The van der Waals surface area contributed by atoms with Gasteiger partial charge in [0.2, 0.25) is 0 Å². The van der Waals surface area contributed by atoms with E-state index < -0.39 is 12.1 Å². The fourth-order valence-electron chi connectivity index (χ4n) is 2.36. The Bertz CT molecular complexity index is 774. The van der Waals surface area contributed by atoms with Crippen LogP contribution in [0.1, 0.15) is 36.2 Å². The van der Waals surface area contributed by atoms with E-state index in [1.54, 1.807) is 32.0 Å². The molecule has 0 radical (unpaired) electrons. The Hall–Kier alpha value is -2.89. The molecule has 1 N–H and O–H groups in total. The summed E-state index contributed by atoms with van der Waals surface area (Å²) in [5.41, 5.74) is 1.75. The second-order valence-corrected chi connectivity index (χ2v) is 5.71. The van der Waals surface area contributed by atoms with Crippen molar-refractivity contribution in [3.8, 4) is 5.75 Å². The summed E-state index contributed by atoms with van der Waals surface area (Å²) in [4.78, 5) is 24.2. The van der Waals surface area contributed by atoms with E-state index in [1.165, 1.54) is 24.3 Å². The smallest absolute Gasteiger partial charge is 0.338 e. The number of ether oxygens (including phenoxy) is 2. The Kier molecular flexibility index (Phi) is 6.72. The average Bonchev–Trinajstić information content (AvgIpc) is 2.63. The van der Waals surface area contributed by atoms with Crippen LogP contribution in [0.4, 0.5) is 10.1 Å². The van der Waals surface area contributed by atoms with Crippen LogP contribution in [0.15, 0.2) is 42.5 Å². The lowest BCUT2D eigenvalue weighted by atomic mass is 10.1. The van der Waals surface area contributed by atoms with Crippen LogP contribution in [0.5, 0.6) is 5.75 Å². The molecule has 0 fully saturated rings. The van der Waals surface area contributed by atoms with Gasteiger partial charge in [0.15, 0.2) is 6.10 Å².